The molecule has 2 heterocycles. The maximum Gasteiger partial charge on any atom is 0.293 e. The van der Waals surface area contributed by atoms with E-state index in [-0.39, 0.29) is 29.6 Å². The van der Waals surface area contributed by atoms with E-state index in [0.717, 1.165) is 42.6 Å². The first kappa shape index (κ1) is 27.6. The van der Waals surface area contributed by atoms with Crippen molar-refractivity contribution in [3.8, 4) is 5.75 Å². The topological polar surface area (TPSA) is 92.0 Å². The molecule has 0 atom stereocenters. The number of carbonyl (C=O) groups is 1. The van der Waals surface area contributed by atoms with Crippen LogP contribution in [0.2, 0.25) is 0 Å². The van der Waals surface area contributed by atoms with Gasteiger partial charge in [0, 0.05) is 37.8 Å². The largest absolute Gasteiger partial charge is 0.494 e. The zero-order valence-corrected chi connectivity index (χ0v) is 22.7. The summed E-state index contributed by atoms with van der Waals surface area (Å²) < 4.78 is 6.44. The number of amides is 1. The van der Waals surface area contributed by atoms with Crippen LogP contribution >= 0.6 is 23.7 Å². The molecule has 1 amide bonds. The van der Waals surface area contributed by atoms with E-state index >= 15 is 0 Å². The molecule has 2 aromatic carbocycles. The summed E-state index contributed by atoms with van der Waals surface area (Å²) in [4.78, 5) is 35.7. The molecule has 0 aliphatic carbocycles. The summed E-state index contributed by atoms with van der Waals surface area (Å²) in [6.45, 7) is 4.59. The predicted octanol–water partition coefficient (Wildman–Crippen LogP) is 5.14. The smallest absolute Gasteiger partial charge is 0.293 e. The molecule has 1 aromatic heterocycles. The molecule has 1 aliphatic rings. The van der Waals surface area contributed by atoms with Gasteiger partial charge in [0.15, 0.2) is 5.13 Å². The van der Waals surface area contributed by atoms with Crippen LogP contribution in [0.3, 0.4) is 0 Å². The van der Waals surface area contributed by atoms with Crippen LogP contribution < -0.4 is 14.5 Å². The number of aryl methyl sites for hydroxylation is 1. The second-order valence-corrected chi connectivity index (χ2v) is 10.0. The standard InChI is InChI=1S/C25H31N5O4S.ClH/c1-17-8-11-21(34-4)22-23(17)35-25(26-22)29(15-14-27(2)3)24(31)18-9-10-19(20(16-18)30(32)33)28-12-6-5-7-13-28;/h8-11,16H,5-7,12-15H2,1-4H3;1H. The lowest BCUT2D eigenvalue weighted by molar-refractivity contribution is -0.384. The number of hydrogen-bond donors (Lipinski definition) is 0. The molecule has 0 unspecified atom stereocenters. The van der Waals surface area contributed by atoms with Crippen LogP contribution in [0.4, 0.5) is 16.5 Å². The van der Waals surface area contributed by atoms with Gasteiger partial charge in [0.2, 0.25) is 0 Å². The fourth-order valence-corrected chi connectivity index (χ4v) is 5.40. The number of nitro benzene ring substituents is 1. The lowest BCUT2D eigenvalue weighted by atomic mass is 10.1. The number of nitro groups is 1. The normalized spacial score (nSPS) is 13.5. The van der Waals surface area contributed by atoms with Gasteiger partial charge in [-0.2, -0.15) is 0 Å². The molecule has 1 saturated heterocycles. The van der Waals surface area contributed by atoms with E-state index in [1.165, 1.54) is 17.4 Å². The van der Waals surface area contributed by atoms with Crippen molar-refractivity contribution in [3.63, 3.8) is 0 Å². The number of thiazole rings is 1. The average Bonchev–Trinajstić information content (AvgIpc) is 3.30. The second-order valence-electron chi connectivity index (χ2n) is 9.03. The van der Waals surface area contributed by atoms with E-state index in [1.807, 2.05) is 43.0 Å². The molecule has 0 N–H and O–H groups in total. The first-order valence-corrected chi connectivity index (χ1v) is 12.6. The lowest BCUT2D eigenvalue weighted by Crippen LogP contribution is -2.37. The molecule has 0 bridgehead atoms. The number of likely N-dealkylation sites (N-methyl/N-ethyl adjacent to an activating group) is 1. The quantitative estimate of drug-likeness (QED) is 0.292. The Morgan fingerprint density at radius 3 is 2.53 bits per heavy atom. The van der Waals surface area contributed by atoms with Crippen molar-refractivity contribution < 1.29 is 14.5 Å². The van der Waals surface area contributed by atoms with Gasteiger partial charge in [0.25, 0.3) is 11.6 Å². The first-order chi connectivity index (χ1) is 16.8. The Morgan fingerprint density at radius 2 is 1.89 bits per heavy atom. The Hall–Kier alpha value is -2.95. The molecule has 1 aliphatic heterocycles. The molecule has 11 heteroatoms. The van der Waals surface area contributed by atoms with Crippen molar-refractivity contribution in [1.29, 1.82) is 0 Å². The molecule has 36 heavy (non-hydrogen) atoms. The summed E-state index contributed by atoms with van der Waals surface area (Å²) in [6, 6.07) is 8.66. The maximum absolute atomic E-state index is 13.7. The fraction of sp³-hybridized carbons (Fsp3) is 0.440. The number of anilines is 2. The Kier molecular flexibility index (Phi) is 9.10. The number of carbonyl (C=O) groups excluding carboxylic acids is 1. The highest BCUT2D eigenvalue weighted by Crippen LogP contribution is 2.37. The van der Waals surface area contributed by atoms with Crippen LogP contribution in [0, 0.1) is 17.0 Å². The number of rotatable bonds is 8. The van der Waals surface area contributed by atoms with Crippen molar-refractivity contribution in [2.75, 3.05) is 57.2 Å². The minimum absolute atomic E-state index is 0. The van der Waals surface area contributed by atoms with Crippen molar-refractivity contribution in [2.45, 2.75) is 26.2 Å². The number of benzene rings is 2. The van der Waals surface area contributed by atoms with Gasteiger partial charge in [0.1, 0.15) is 17.0 Å². The molecular weight excluding hydrogens is 502 g/mol. The number of fused-ring (bicyclic) bond motifs is 1. The maximum atomic E-state index is 13.7. The van der Waals surface area contributed by atoms with Crippen LogP contribution in [0.5, 0.6) is 5.75 Å². The number of aromatic nitrogens is 1. The van der Waals surface area contributed by atoms with Crippen molar-refractivity contribution in [2.24, 2.45) is 0 Å². The van der Waals surface area contributed by atoms with Gasteiger partial charge < -0.3 is 14.5 Å². The monoisotopic (exact) mass is 533 g/mol. The third-order valence-corrected chi connectivity index (χ3v) is 7.49. The number of piperidine rings is 1. The Balaban J connectivity index is 0.00000361. The fourth-order valence-electron chi connectivity index (χ4n) is 4.32. The molecule has 3 aromatic rings. The minimum atomic E-state index is -0.392. The number of hydrogen-bond acceptors (Lipinski definition) is 8. The van der Waals surface area contributed by atoms with Crippen molar-refractivity contribution >= 4 is 56.4 Å². The highest BCUT2D eigenvalue weighted by atomic mass is 35.5. The lowest BCUT2D eigenvalue weighted by Gasteiger charge is -2.28. The molecule has 0 radical (unpaired) electrons. The number of methoxy groups -OCH3 is 1. The van der Waals surface area contributed by atoms with Crippen molar-refractivity contribution in [3.05, 3.63) is 51.6 Å². The molecule has 194 valence electrons. The van der Waals surface area contributed by atoms with Crippen LogP contribution in [-0.4, -0.2) is 68.1 Å². The van der Waals surface area contributed by atoms with E-state index < -0.39 is 4.92 Å². The number of ether oxygens (including phenoxy) is 1. The van der Waals surface area contributed by atoms with Crippen LogP contribution in [0.25, 0.3) is 10.2 Å². The average molecular weight is 534 g/mol. The van der Waals surface area contributed by atoms with Gasteiger partial charge in [-0.25, -0.2) is 4.98 Å². The van der Waals surface area contributed by atoms with Gasteiger partial charge in [0.05, 0.1) is 16.7 Å². The highest BCUT2D eigenvalue weighted by molar-refractivity contribution is 7.22. The number of halogens is 1. The predicted molar refractivity (Wildman–Crippen MR) is 148 cm³/mol. The summed E-state index contributed by atoms with van der Waals surface area (Å²) in [5.74, 6) is 0.338. The molecule has 0 spiro atoms. The molecule has 9 nitrogen and oxygen atoms in total. The van der Waals surface area contributed by atoms with Crippen LogP contribution in [-0.2, 0) is 0 Å². The Labute approximate surface area is 221 Å². The molecule has 1 fully saturated rings. The summed E-state index contributed by atoms with van der Waals surface area (Å²) in [5, 5.41) is 12.5. The highest BCUT2D eigenvalue weighted by Gasteiger charge is 2.27. The summed E-state index contributed by atoms with van der Waals surface area (Å²) >= 11 is 1.43. The Morgan fingerprint density at radius 1 is 1.17 bits per heavy atom. The van der Waals surface area contributed by atoms with E-state index in [9.17, 15) is 14.9 Å². The van der Waals surface area contributed by atoms with Crippen molar-refractivity contribution in [1.82, 2.24) is 9.88 Å². The van der Waals surface area contributed by atoms with Gasteiger partial charge in [-0.3, -0.25) is 19.8 Å². The second kappa shape index (κ2) is 11.9. The summed E-state index contributed by atoms with van der Waals surface area (Å²) in [5.41, 5.74) is 2.57. The zero-order valence-electron chi connectivity index (χ0n) is 21.0. The molecule has 4 rings (SSSR count). The van der Waals surface area contributed by atoms with Crippen LogP contribution in [0.15, 0.2) is 30.3 Å². The van der Waals surface area contributed by atoms with E-state index in [0.29, 0.717) is 35.2 Å². The Bertz CT molecular complexity index is 1240. The van der Waals surface area contributed by atoms with Gasteiger partial charge in [-0.1, -0.05) is 17.4 Å². The molecule has 0 saturated carbocycles. The van der Waals surface area contributed by atoms with Gasteiger partial charge in [-0.15, -0.1) is 12.4 Å². The zero-order chi connectivity index (χ0) is 25.1. The van der Waals surface area contributed by atoms with E-state index in [2.05, 4.69) is 0 Å². The van der Waals surface area contributed by atoms with Gasteiger partial charge >= 0.3 is 0 Å². The SMILES string of the molecule is COc1ccc(C)c2sc(N(CCN(C)C)C(=O)c3ccc(N4CCCCC4)c([N+](=O)[O-])c3)nc12.Cl. The van der Waals surface area contributed by atoms with E-state index in [1.54, 1.807) is 24.1 Å². The first-order valence-electron chi connectivity index (χ1n) is 11.7. The summed E-state index contributed by atoms with van der Waals surface area (Å²) in [6.07, 6.45) is 3.15. The number of nitrogens with zero attached hydrogens (tertiary/aromatic N) is 5. The third kappa shape index (κ3) is 5.71. The third-order valence-electron chi connectivity index (χ3n) is 6.27. The minimum Gasteiger partial charge on any atom is -0.494 e. The molecular formula is C25H32ClN5O4S. The summed E-state index contributed by atoms with van der Waals surface area (Å²) in [7, 11) is 5.47. The van der Waals surface area contributed by atoms with E-state index in [4.69, 9.17) is 9.72 Å². The van der Waals surface area contributed by atoms with Crippen LogP contribution in [0.1, 0.15) is 35.2 Å². The van der Waals surface area contributed by atoms with Gasteiger partial charge in [-0.05, 0) is 64.0 Å².